The van der Waals surface area contributed by atoms with Gasteiger partial charge in [0.2, 0.25) is 0 Å². The van der Waals surface area contributed by atoms with E-state index in [1.807, 2.05) is 30.3 Å². The molecule has 10 nitrogen and oxygen atoms in total. The van der Waals surface area contributed by atoms with Crippen molar-refractivity contribution in [2.45, 2.75) is 6.04 Å². The molecule has 1 aliphatic rings. The first-order chi connectivity index (χ1) is 19.8. The van der Waals surface area contributed by atoms with E-state index in [0.717, 1.165) is 11.1 Å². The van der Waals surface area contributed by atoms with Crippen molar-refractivity contribution in [2.75, 3.05) is 37.7 Å². The van der Waals surface area contributed by atoms with Gasteiger partial charge in [-0.15, -0.1) is 6.42 Å². The molecular formula is C30H25FN6O4. The number of hydrogen-bond acceptors (Lipinski definition) is 8. The van der Waals surface area contributed by atoms with E-state index in [0.29, 0.717) is 37.4 Å². The summed E-state index contributed by atoms with van der Waals surface area (Å²) in [7, 11) is 1.44. The first-order valence-corrected chi connectivity index (χ1v) is 12.8. The molecule has 0 spiro atoms. The second-order valence-electron chi connectivity index (χ2n) is 9.50. The number of benzene rings is 2. The number of para-hydroxylation sites is 1. The zero-order valence-corrected chi connectivity index (χ0v) is 22.2. The number of nitrogens with zero attached hydrogens (tertiary/aromatic N) is 6. The van der Waals surface area contributed by atoms with Gasteiger partial charge in [0, 0.05) is 38.8 Å². The molecule has 206 valence electrons. The van der Waals surface area contributed by atoms with E-state index in [1.165, 1.54) is 29.8 Å². The van der Waals surface area contributed by atoms with Crippen LogP contribution in [0.25, 0.3) is 11.0 Å². The number of ether oxygens (including phenoxy) is 1. The van der Waals surface area contributed by atoms with Crippen LogP contribution >= 0.6 is 0 Å². The number of hydrogen-bond donors (Lipinski definition) is 0. The van der Waals surface area contributed by atoms with Crippen molar-refractivity contribution in [1.29, 1.82) is 5.26 Å². The fraction of sp³-hybridized carbons (Fsp3) is 0.233. The van der Waals surface area contributed by atoms with E-state index in [9.17, 15) is 24.6 Å². The highest BCUT2D eigenvalue weighted by Crippen LogP contribution is 2.38. The van der Waals surface area contributed by atoms with Gasteiger partial charge < -0.3 is 14.2 Å². The van der Waals surface area contributed by atoms with Crippen LogP contribution in [0.3, 0.4) is 0 Å². The Morgan fingerprint density at radius 3 is 2.49 bits per heavy atom. The smallest absolute Gasteiger partial charge is 0.359 e. The van der Waals surface area contributed by atoms with Crippen LogP contribution in [-0.2, 0) is 7.05 Å². The first-order valence-electron chi connectivity index (χ1n) is 12.8. The molecule has 0 bridgehead atoms. The molecule has 0 radical (unpaired) electrons. The summed E-state index contributed by atoms with van der Waals surface area (Å²) in [6.45, 7) is 1.62. The van der Waals surface area contributed by atoms with Crippen LogP contribution in [0.4, 0.5) is 15.8 Å². The van der Waals surface area contributed by atoms with Crippen LogP contribution in [-0.4, -0.2) is 52.2 Å². The van der Waals surface area contributed by atoms with Crippen molar-refractivity contribution in [3.63, 3.8) is 0 Å². The Morgan fingerprint density at radius 2 is 1.83 bits per heavy atom. The summed E-state index contributed by atoms with van der Waals surface area (Å²) in [6.07, 6.45) is 5.43. The van der Waals surface area contributed by atoms with E-state index < -0.39 is 16.2 Å². The predicted octanol–water partition coefficient (Wildman–Crippen LogP) is 3.78. The quantitative estimate of drug-likeness (QED) is 0.193. The minimum absolute atomic E-state index is 0.0817. The highest BCUT2D eigenvalue weighted by atomic mass is 19.1. The van der Waals surface area contributed by atoms with E-state index in [-0.39, 0.29) is 35.4 Å². The maximum absolute atomic E-state index is 13.8. The van der Waals surface area contributed by atoms with E-state index in [1.54, 1.807) is 23.1 Å². The molecular weight excluding hydrogens is 527 g/mol. The lowest BCUT2D eigenvalue weighted by atomic mass is 9.95. The summed E-state index contributed by atoms with van der Waals surface area (Å²) in [6, 6.07) is 18.4. The molecule has 0 amide bonds. The molecule has 4 aromatic rings. The molecule has 5 rings (SSSR count). The number of anilines is 1. The molecule has 1 unspecified atom stereocenters. The summed E-state index contributed by atoms with van der Waals surface area (Å²) in [5.74, 6) is 2.72. The second-order valence-corrected chi connectivity index (χ2v) is 9.50. The zero-order valence-electron chi connectivity index (χ0n) is 22.2. The molecule has 3 heterocycles. The maximum Gasteiger partial charge on any atom is 0.359 e. The fourth-order valence-corrected chi connectivity index (χ4v) is 5.30. The molecule has 0 saturated carbocycles. The number of terminal acetylenes is 1. The molecule has 1 aliphatic heterocycles. The van der Waals surface area contributed by atoms with Crippen molar-refractivity contribution >= 4 is 22.4 Å². The minimum Gasteiger partial charge on any atom is -0.481 e. The van der Waals surface area contributed by atoms with Crippen LogP contribution in [0.15, 0.2) is 65.5 Å². The Labute approximate surface area is 235 Å². The average Bonchev–Trinajstić information content (AvgIpc) is 2.99. The van der Waals surface area contributed by atoms with Crippen molar-refractivity contribution in [3.05, 3.63) is 104 Å². The monoisotopic (exact) mass is 552 g/mol. The number of fused-ring (bicyclic) bond motifs is 1. The number of halogens is 1. The Bertz CT molecular complexity index is 1770. The minimum atomic E-state index is -0.754. The third-order valence-electron chi connectivity index (χ3n) is 7.19. The second kappa shape index (κ2) is 11.5. The number of nitriles is 1. The van der Waals surface area contributed by atoms with E-state index in [4.69, 9.17) is 11.2 Å². The van der Waals surface area contributed by atoms with Gasteiger partial charge in [-0.1, -0.05) is 36.3 Å². The summed E-state index contributed by atoms with van der Waals surface area (Å²) in [4.78, 5) is 32.8. The molecule has 0 N–H and O–H groups in total. The number of pyridine rings is 2. The van der Waals surface area contributed by atoms with Crippen LogP contribution in [0.1, 0.15) is 22.9 Å². The van der Waals surface area contributed by atoms with Crippen molar-refractivity contribution < 1.29 is 14.1 Å². The summed E-state index contributed by atoms with van der Waals surface area (Å²) in [5, 5.41) is 21.6. The summed E-state index contributed by atoms with van der Waals surface area (Å²) >= 11 is 0. The molecule has 11 heteroatoms. The Balaban J connectivity index is 1.55. The van der Waals surface area contributed by atoms with Gasteiger partial charge in [0.25, 0.3) is 0 Å². The lowest BCUT2D eigenvalue weighted by Crippen LogP contribution is -2.48. The molecule has 1 fully saturated rings. The summed E-state index contributed by atoms with van der Waals surface area (Å²) in [5.41, 5.74) is 1.13. The first kappa shape index (κ1) is 27.3. The van der Waals surface area contributed by atoms with Gasteiger partial charge in [-0.05, 0) is 35.9 Å². The van der Waals surface area contributed by atoms with Crippen LogP contribution < -0.4 is 15.2 Å². The normalized spacial score (nSPS) is 14.3. The molecule has 41 heavy (non-hydrogen) atoms. The molecule has 2 aromatic heterocycles. The lowest BCUT2D eigenvalue weighted by Gasteiger charge is -2.40. The Morgan fingerprint density at radius 1 is 1.12 bits per heavy atom. The fourth-order valence-electron chi connectivity index (χ4n) is 5.30. The highest BCUT2D eigenvalue weighted by Gasteiger charge is 2.34. The van der Waals surface area contributed by atoms with Crippen molar-refractivity contribution in [2.24, 2.45) is 7.05 Å². The van der Waals surface area contributed by atoms with Crippen LogP contribution in [0, 0.1) is 39.6 Å². The largest absolute Gasteiger partial charge is 0.481 e. The van der Waals surface area contributed by atoms with Crippen molar-refractivity contribution in [1.82, 2.24) is 14.5 Å². The maximum atomic E-state index is 13.8. The van der Waals surface area contributed by atoms with E-state index in [2.05, 4.69) is 15.8 Å². The van der Waals surface area contributed by atoms with Gasteiger partial charge in [0.15, 0.2) is 5.69 Å². The molecule has 1 saturated heterocycles. The van der Waals surface area contributed by atoms with E-state index >= 15 is 0 Å². The average molecular weight is 553 g/mol. The highest BCUT2D eigenvalue weighted by molar-refractivity contribution is 5.94. The standard InChI is InChI=1S/C30H25FN6O4/c1-3-18-41-25-7-5-4-6-23(25)27(20-8-10-21(31)11-9-20)35-14-16-36(17-15-35)28-26-24(13-12-22(19-32)33-26)34(2)30(38)29(28)37(39)40/h1,4-13,27H,14-18H2,2H3. The van der Waals surface area contributed by atoms with Gasteiger partial charge >= 0.3 is 11.2 Å². The number of aromatic nitrogens is 2. The number of aryl methyl sites for hydroxylation is 1. The van der Waals surface area contributed by atoms with Crippen LogP contribution in [0.5, 0.6) is 5.75 Å². The van der Waals surface area contributed by atoms with Gasteiger partial charge in [-0.25, -0.2) is 9.37 Å². The predicted molar refractivity (Wildman–Crippen MR) is 151 cm³/mol. The molecule has 2 aromatic carbocycles. The van der Waals surface area contributed by atoms with Gasteiger partial charge in [0.05, 0.1) is 16.5 Å². The number of piperazine rings is 1. The van der Waals surface area contributed by atoms with Gasteiger partial charge in [0.1, 0.15) is 35.5 Å². The number of rotatable bonds is 7. The third kappa shape index (κ3) is 5.19. The number of nitro groups is 1. The molecule has 1 atom stereocenters. The lowest BCUT2D eigenvalue weighted by molar-refractivity contribution is -0.385. The van der Waals surface area contributed by atoms with Gasteiger partial charge in [-0.3, -0.25) is 19.8 Å². The Hall–Kier alpha value is -5.26. The molecule has 0 aliphatic carbocycles. The van der Waals surface area contributed by atoms with Crippen molar-refractivity contribution in [3.8, 4) is 24.2 Å². The summed E-state index contributed by atoms with van der Waals surface area (Å²) < 4.78 is 20.9. The SMILES string of the molecule is C#CCOc1ccccc1C(c1ccc(F)cc1)N1CCN(c2c([N+](=O)[O-])c(=O)n(C)c3ccc(C#N)nc23)CC1. The topological polar surface area (TPSA) is 118 Å². The van der Waals surface area contributed by atoms with Gasteiger partial charge in [-0.2, -0.15) is 5.26 Å². The zero-order chi connectivity index (χ0) is 29.1. The van der Waals surface area contributed by atoms with Crippen LogP contribution in [0.2, 0.25) is 0 Å². The third-order valence-corrected chi connectivity index (χ3v) is 7.19. The Kier molecular flexibility index (Phi) is 7.64.